The van der Waals surface area contributed by atoms with Crippen LogP contribution in [0.5, 0.6) is 17.4 Å². The van der Waals surface area contributed by atoms with Crippen molar-refractivity contribution in [2.24, 2.45) is 0 Å². The third-order valence-electron chi connectivity index (χ3n) is 4.60. The summed E-state index contributed by atoms with van der Waals surface area (Å²) in [5, 5.41) is 0. The lowest BCUT2D eigenvalue weighted by Crippen LogP contribution is -2.03. The van der Waals surface area contributed by atoms with E-state index in [0.717, 1.165) is 23.6 Å². The Morgan fingerprint density at radius 1 is 1.00 bits per heavy atom. The van der Waals surface area contributed by atoms with Gasteiger partial charge in [-0.05, 0) is 47.8 Å². The first kappa shape index (κ1) is 23.2. The van der Waals surface area contributed by atoms with Gasteiger partial charge in [0.15, 0.2) is 17.4 Å². The van der Waals surface area contributed by atoms with Crippen molar-refractivity contribution in [1.82, 2.24) is 15.0 Å². The molecular formula is C23H18F3N5O2S. The van der Waals surface area contributed by atoms with Gasteiger partial charge < -0.3 is 19.9 Å². The molecule has 4 aromatic rings. The molecule has 0 aliphatic rings. The standard InChI is InChI=1S/C23H18F3N5O2S/c1-32-14-5-2-4-13(10-14)12-34-31-21-16(24)11-18(19(25)20(21)26)33-22-15(6-3-8-28-22)17-7-9-29-23(27)30-17/h2-11,31H,12H2,1H3,(H2,27,29,30). The number of aromatic nitrogens is 3. The van der Waals surface area contributed by atoms with Gasteiger partial charge in [0, 0.05) is 24.2 Å². The second-order valence-corrected chi connectivity index (χ2v) is 7.64. The number of hydrogen-bond donors (Lipinski definition) is 2. The van der Waals surface area contributed by atoms with E-state index in [1.807, 2.05) is 6.07 Å². The van der Waals surface area contributed by atoms with Crippen LogP contribution in [0.1, 0.15) is 5.56 Å². The van der Waals surface area contributed by atoms with Crippen LogP contribution in [0.2, 0.25) is 0 Å². The summed E-state index contributed by atoms with van der Waals surface area (Å²) < 4.78 is 57.2. The predicted molar refractivity (Wildman–Crippen MR) is 124 cm³/mol. The highest BCUT2D eigenvalue weighted by Gasteiger charge is 2.22. The summed E-state index contributed by atoms with van der Waals surface area (Å²) in [7, 11) is 1.54. The molecule has 11 heteroatoms. The van der Waals surface area contributed by atoms with E-state index in [1.54, 1.807) is 43.5 Å². The lowest BCUT2D eigenvalue weighted by atomic mass is 10.2. The van der Waals surface area contributed by atoms with Gasteiger partial charge in [0.25, 0.3) is 0 Å². The highest BCUT2D eigenvalue weighted by molar-refractivity contribution is 7.99. The average Bonchev–Trinajstić information content (AvgIpc) is 2.85. The Balaban J connectivity index is 1.54. The molecule has 0 saturated heterocycles. The number of nitrogens with two attached hydrogens (primary N) is 1. The van der Waals surface area contributed by atoms with Crippen molar-refractivity contribution in [3.05, 3.63) is 83.9 Å². The lowest BCUT2D eigenvalue weighted by Gasteiger charge is -2.14. The molecule has 0 radical (unpaired) electrons. The minimum Gasteiger partial charge on any atom is -0.497 e. The van der Waals surface area contributed by atoms with Crippen LogP contribution >= 0.6 is 11.9 Å². The van der Waals surface area contributed by atoms with E-state index in [0.29, 0.717) is 22.8 Å². The van der Waals surface area contributed by atoms with Crippen LogP contribution < -0.4 is 19.9 Å². The maximum Gasteiger partial charge on any atom is 0.228 e. The number of nitrogens with zero attached hydrogens (tertiary/aromatic N) is 3. The smallest absolute Gasteiger partial charge is 0.228 e. The SMILES string of the molecule is COc1cccc(CSNc2c(F)cc(Oc3ncccc3-c3ccnc(N)n3)c(F)c2F)c1. The molecule has 0 aliphatic carbocycles. The molecule has 0 bridgehead atoms. The minimum absolute atomic E-state index is 0.0115. The van der Waals surface area contributed by atoms with Crippen LogP contribution in [-0.2, 0) is 5.75 Å². The van der Waals surface area contributed by atoms with Crippen LogP contribution in [0.3, 0.4) is 0 Å². The summed E-state index contributed by atoms with van der Waals surface area (Å²) in [4.78, 5) is 11.9. The lowest BCUT2D eigenvalue weighted by molar-refractivity contribution is 0.401. The van der Waals surface area contributed by atoms with E-state index in [2.05, 4.69) is 19.7 Å². The molecular weight excluding hydrogens is 467 g/mol. The van der Waals surface area contributed by atoms with Crippen molar-refractivity contribution < 1.29 is 22.6 Å². The Kier molecular flexibility index (Phi) is 7.02. The summed E-state index contributed by atoms with van der Waals surface area (Å²) in [6.45, 7) is 0. The molecule has 0 aliphatic heterocycles. The molecule has 7 nitrogen and oxygen atoms in total. The third kappa shape index (κ3) is 5.15. The Labute approximate surface area is 197 Å². The monoisotopic (exact) mass is 485 g/mol. The molecule has 0 spiro atoms. The summed E-state index contributed by atoms with van der Waals surface area (Å²) in [6, 6.07) is 12.7. The van der Waals surface area contributed by atoms with Crippen molar-refractivity contribution in [3.63, 3.8) is 0 Å². The number of pyridine rings is 1. The number of ether oxygens (including phenoxy) is 2. The fraction of sp³-hybridized carbons (Fsp3) is 0.0870. The molecule has 4 rings (SSSR count). The van der Waals surface area contributed by atoms with Gasteiger partial charge in [-0.3, -0.25) is 0 Å². The maximum absolute atomic E-state index is 14.8. The number of hydrogen-bond acceptors (Lipinski definition) is 8. The van der Waals surface area contributed by atoms with Gasteiger partial charge in [0.05, 0.1) is 18.4 Å². The van der Waals surface area contributed by atoms with Crippen LogP contribution in [0.4, 0.5) is 24.8 Å². The first-order valence-electron chi connectivity index (χ1n) is 9.86. The maximum atomic E-state index is 14.8. The van der Waals surface area contributed by atoms with E-state index in [4.69, 9.17) is 15.2 Å². The Hall–Kier alpha value is -3.99. The molecule has 34 heavy (non-hydrogen) atoms. The van der Waals surface area contributed by atoms with Gasteiger partial charge in [-0.1, -0.05) is 12.1 Å². The van der Waals surface area contributed by atoms with Gasteiger partial charge in [-0.15, -0.1) is 0 Å². The second kappa shape index (κ2) is 10.3. The Morgan fingerprint density at radius 2 is 1.85 bits per heavy atom. The van der Waals surface area contributed by atoms with E-state index in [-0.39, 0.29) is 11.8 Å². The van der Waals surface area contributed by atoms with E-state index in [1.165, 1.54) is 12.4 Å². The number of rotatable bonds is 8. The average molecular weight is 485 g/mol. The summed E-state index contributed by atoms with van der Waals surface area (Å²) in [5.41, 5.74) is 6.53. The van der Waals surface area contributed by atoms with Gasteiger partial charge in [0.2, 0.25) is 17.6 Å². The molecule has 0 fully saturated rings. The van der Waals surface area contributed by atoms with E-state index >= 15 is 0 Å². The number of nitrogens with one attached hydrogen (secondary N) is 1. The number of halogens is 3. The molecule has 0 amide bonds. The molecule has 0 unspecified atom stereocenters. The highest BCUT2D eigenvalue weighted by atomic mass is 32.2. The molecule has 0 saturated carbocycles. The fourth-order valence-electron chi connectivity index (χ4n) is 2.99. The van der Waals surface area contributed by atoms with Gasteiger partial charge in [-0.2, -0.15) is 4.39 Å². The number of anilines is 2. The van der Waals surface area contributed by atoms with Crippen molar-refractivity contribution in [2.75, 3.05) is 17.6 Å². The predicted octanol–water partition coefficient (Wildman–Crippen LogP) is 5.60. The second-order valence-electron chi connectivity index (χ2n) is 6.86. The van der Waals surface area contributed by atoms with Crippen LogP contribution in [0, 0.1) is 17.5 Å². The molecule has 2 aromatic carbocycles. The zero-order chi connectivity index (χ0) is 24.1. The number of methoxy groups -OCH3 is 1. The molecule has 2 aromatic heterocycles. The fourth-order valence-corrected chi connectivity index (χ4v) is 3.74. The highest BCUT2D eigenvalue weighted by Crippen LogP contribution is 2.36. The normalized spacial score (nSPS) is 10.7. The van der Waals surface area contributed by atoms with Gasteiger partial charge >= 0.3 is 0 Å². The van der Waals surface area contributed by atoms with Crippen molar-refractivity contribution in [1.29, 1.82) is 0 Å². The van der Waals surface area contributed by atoms with Crippen LogP contribution in [0.25, 0.3) is 11.3 Å². The quantitative estimate of drug-likeness (QED) is 0.246. The van der Waals surface area contributed by atoms with Crippen molar-refractivity contribution in [2.45, 2.75) is 5.75 Å². The minimum atomic E-state index is -1.42. The van der Waals surface area contributed by atoms with Crippen LogP contribution in [-0.4, -0.2) is 22.1 Å². The van der Waals surface area contributed by atoms with Gasteiger partial charge in [0.1, 0.15) is 11.4 Å². The zero-order valence-electron chi connectivity index (χ0n) is 17.8. The topological polar surface area (TPSA) is 95.2 Å². The first-order valence-corrected chi connectivity index (χ1v) is 10.8. The van der Waals surface area contributed by atoms with Crippen molar-refractivity contribution in [3.8, 4) is 28.6 Å². The molecule has 2 heterocycles. The van der Waals surface area contributed by atoms with E-state index in [9.17, 15) is 13.2 Å². The summed E-state index contributed by atoms with van der Waals surface area (Å²) in [6.07, 6.45) is 2.82. The van der Waals surface area contributed by atoms with Gasteiger partial charge in [-0.25, -0.2) is 23.7 Å². The molecule has 174 valence electrons. The zero-order valence-corrected chi connectivity index (χ0v) is 18.6. The molecule has 0 atom stereocenters. The summed E-state index contributed by atoms with van der Waals surface area (Å²) >= 11 is 0.995. The number of benzene rings is 2. The Morgan fingerprint density at radius 3 is 2.65 bits per heavy atom. The molecule has 3 N–H and O–H groups in total. The summed E-state index contributed by atoms with van der Waals surface area (Å²) in [5.74, 6) is -3.57. The first-order chi connectivity index (χ1) is 16.5. The van der Waals surface area contributed by atoms with E-state index < -0.39 is 28.9 Å². The number of nitrogen functional groups attached to an aromatic ring is 1. The third-order valence-corrected chi connectivity index (χ3v) is 5.43. The Bertz CT molecular complexity index is 1330. The largest absolute Gasteiger partial charge is 0.497 e. The van der Waals surface area contributed by atoms with Crippen molar-refractivity contribution >= 4 is 23.6 Å². The van der Waals surface area contributed by atoms with Crippen LogP contribution in [0.15, 0.2) is 60.9 Å².